The molecule has 1 fully saturated rings. The maximum atomic E-state index is 13.1. The Morgan fingerprint density at radius 1 is 0.972 bits per heavy atom. The van der Waals surface area contributed by atoms with Gasteiger partial charge in [-0.05, 0) is 54.1 Å². The van der Waals surface area contributed by atoms with Gasteiger partial charge in [-0.1, -0.05) is 36.4 Å². The molecule has 1 unspecified atom stereocenters. The lowest BCUT2D eigenvalue weighted by Gasteiger charge is -2.31. The van der Waals surface area contributed by atoms with Gasteiger partial charge in [-0.15, -0.1) is 0 Å². The van der Waals surface area contributed by atoms with E-state index < -0.39 is 35.6 Å². The molecule has 0 radical (unpaired) electrons. The van der Waals surface area contributed by atoms with Crippen LogP contribution in [-0.4, -0.2) is 30.2 Å². The fraction of sp³-hybridized carbons (Fsp3) is 0.320. The molecule has 1 saturated heterocycles. The second kappa shape index (κ2) is 9.88. The van der Waals surface area contributed by atoms with Crippen LogP contribution in [0.1, 0.15) is 28.7 Å². The maximum absolute atomic E-state index is 13.1. The van der Waals surface area contributed by atoms with Gasteiger partial charge in [-0.2, -0.15) is 26.3 Å². The first-order valence-corrected chi connectivity index (χ1v) is 11.1. The quantitative estimate of drug-likeness (QED) is 0.379. The van der Waals surface area contributed by atoms with Crippen LogP contribution in [0.4, 0.5) is 31.1 Å². The molecule has 2 N–H and O–H groups in total. The summed E-state index contributed by atoms with van der Waals surface area (Å²) < 4.78 is 84.3. The van der Waals surface area contributed by atoms with Crippen molar-refractivity contribution in [1.82, 2.24) is 15.5 Å². The number of dihydropyridines is 1. The van der Waals surface area contributed by atoms with Crippen molar-refractivity contribution in [3.8, 4) is 0 Å². The number of nitrogens with zero attached hydrogens (tertiary/aromatic N) is 1. The Kier molecular flexibility index (Phi) is 7.03. The zero-order valence-electron chi connectivity index (χ0n) is 18.9. The molecule has 0 bridgehead atoms. The molecule has 11 heteroatoms. The van der Waals surface area contributed by atoms with Gasteiger partial charge in [0, 0.05) is 6.61 Å². The van der Waals surface area contributed by atoms with E-state index in [1.807, 2.05) is 42.5 Å². The summed E-state index contributed by atoms with van der Waals surface area (Å²) in [7, 11) is 0. The van der Waals surface area contributed by atoms with Gasteiger partial charge in [-0.3, -0.25) is 4.90 Å². The normalized spacial score (nSPS) is 22.0. The number of alkyl halides is 6. The lowest BCUT2D eigenvalue weighted by atomic mass is 9.87. The molecule has 2 atom stereocenters. The first kappa shape index (κ1) is 25.6. The number of nitrogens with one attached hydrogen (secondary N) is 2. The molecule has 2 amide bonds. The second-order valence-electron chi connectivity index (χ2n) is 8.58. The number of carbonyl (C=O) groups excluding carboxylic acids is 1. The van der Waals surface area contributed by atoms with E-state index in [0.29, 0.717) is 12.1 Å². The van der Waals surface area contributed by atoms with Crippen LogP contribution in [0.3, 0.4) is 0 Å². The summed E-state index contributed by atoms with van der Waals surface area (Å²) in [5, 5.41) is 6.09. The minimum Gasteiger partial charge on any atom is -0.377 e. The standard InChI is InChI=1S/C25H23F6N3O2/c26-24(27,28)19-12-17(13-20(14-19)25(29,30)31)15-36-11-9-23(18-6-2-1-3-7-18)16-34(22(35)33-23)21-8-4-5-10-32-21/h1-8,10,12-14,21,32H,9,11,15-16H2,(H,33,35)/t21?,23-/m0/s1. The van der Waals surface area contributed by atoms with Crippen molar-refractivity contribution in [2.75, 3.05) is 13.2 Å². The van der Waals surface area contributed by atoms with Crippen LogP contribution < -0.4 is 10.6 Å². The van der Waals surface area contributed by atoms with Crippen LogP contribution in [0, 0.1) is 0 Å². The van der Waals surface area contributed by atoms with E-state index in [1.54, 1.807) is 17.2 Å². The SMILES string of the molecule is O=C1N[C@](CCOCc2cc(C(F)(F)F)cc(C(F)(F)F)c2)(c2ccccc2)CN1C1C=CC=CN1. The summed E-state index contributed by atoms with van der Waals surface area (Å²) >= 11 is 0. The number of hydrogen-bond acceptors (Lipinski definition) is 3. The molecule has 2 aliphatic rings. The fourth-order valence-electron chi connectivity index (χ4n) is 4.28. The van der Waals surface area contributed by atoms with Crippen LogP contribution in [0.25, 0.3) is 0 Å². The van der Waals surface area contributed by atoms with Gasteiger partial charge in [0.15, 0.2) is 0 Å². The van der Waals surface area contributed by atoms with Crippen LogP contribution in [0.2, 0.25) is 0 Å². The molecule has 2 aromatic carbocycles. The molecule has 0 aromatic heterocycles. The third-order valence-corrected chi connectivity index (χ3v) is 6.07. The second-order valence-corrected chi connectivity index (χ2v) is 8.58. The zero-order chi connectivity index (χ0) is 26.0. The molecular weight excluding hydrogens is 488 g/mol. The summed E-state index contributed by atoms with van der Waals surface area (Å²) in [4.78, 5) is 14.4. The number of hydrogen-bond donors (Lipinski definition) is 2. The van der Waals surface area contributed by atoms with Crippen molar-refractivity contribution in [2.24, 2.45) is 0 Å². The Morgan fingerprint density at radius 2 is 1.64 bits per heavy atom. The molecule has 2 heterocycles. The molecular formula is C25H23F6N3O2. The van der Waals surface area contributed by atoms with E-state index in [4.69, 9.17) is 4.74 Å². The van der Waals surface area contributed by atoms with Crippen molar-refractivity contribution in [2.45, 2.75) is 37.1 Å². The predicted octanol–water partition coefficient (Wildman–Crippen LogP) is 5.55. The lowest BCUT2D eigenvalue weighted by molar-refractivity contribution is -0.143. The van der Waals surface area contributed by atoms with Gasteiger partial charge in [-0.25, -0.2) is 4.79 Å². The van der Waals surface area contributed by atoms with Crippen LogP contribution >= 0.6 is 0 Å². The topological polar surface area (TPSA) is 53.6 Å². The number of allylic oxidation sites excluding steroid dienone is 2. The molecule has 36 heavy (non-hydrogen) atoms. The highest BCUT2D eigenvalue weighted by Crippen LogP contribution is 2.37. The molecule has 4 rings (SSSR count). The highest BCUT2D eigenvalue weighted by Gasteiger charge is 2.45. The molecule has 2 aromatic rings. The number of urea groups is 1. The van der Waals surface area contributed by atoms with E-state index in [0.717, 1.165) is 5.56 Å². The Morgan fingerprint density at radius 3 is 2.22 bits per heavy atom. The average Bonchev–Trinajstić information content (AvgIpc) is 3.19. The fourth-order valence-corrected chi connectivity index (χ4v) is 4.28. The van der Waals surface area contributed by atoms with Crippen molar-refractivity contribution >= 4 is 6.03 Å². The summed E-state index contributed by atoms with van der Waals surface area (Å²) in [6.07, 6.45) is -2.84. The first-order chi connectivity index (χ1) is 17.0. The molecule has 0 aliphatic carbocycles. The van der Waals surface area contributed by atoms with Gasteiger partial charge in [0.25, 0.3) is 0 Å². The number of ether oxygens (including phenoxy) is 1. The van der Waals surface area contributed by atoms with Crippen molar-refractivity contribution in [3.63, 3.8) is 0 Å². The van der Waals surface area contributed by atoms with Crippen molar-refractivity contribution < 1.29 is 35.9 Å². The van der Waals surface area contributed by atoms with E-state index >= 15 is 0 Å². The van der Waals surface area contributed by atoms with E-state index in [9.17, 15) is 31.1 Å². The van der Waals surface area contributed by atoms with Gasteiger partial charge >= 0.3 is 18.4 Å². The molecule has 0 spiro atoms. The van der Waals surface area contributed by atoms with Crippen molar-refractivity contribution in [3.05, 3.63) is 95.2 Å². The largest absolute Gasteiger partial charge is 0.416 e. The molecule has 5 nitrogen and oxygen atoms in total. The van der Waals surface area contributed by atoms with Crippen LogP contribution in [0.15, 0.2) is 73.0 Å². The Hall–Kier alpha value is -3.47. The number of carbonyl (C=O) groups is 1. The van der Waals surface area contributed by atoms with E-state index in [1.165, 1.54) is 0 Å². The highest BCUT2D eigenvalue weighted by molar-refractivity contribution is 5.79. The molecule has 192 valence electrons. The predicted molar refractivity (Wildman–Crippen MR) is 119 cm³/mol. The van der Waals surface area contributed by atoms with Crippen LogP contribution in [-0.2, 0) is 29.2 Å². The summed E-state index contributed by atoms with van der Waals surface area (Å²) in [6.45, 7) is -0.196. The minimum atomic E-state index is -4.93. The highest BCUT2D eigenvalue weighted by atomic mass is 19.4. The van der Waals surface area contributed by atoms with Gasteiger partial charge in [0.2, 0.25) is 0 Å². The minimum absolute atomic E-state index is 0.0194. The van der Waals surface area contributed by atoms with Gasteiger partial charge in [0.1, 0.15) is 6.17 Å². The number of benzene rings is 2. The Bertz CT molecular complexity index is 1110. The van der Waals surface area contributed by atoms with Gasteiger partial charge < -0.3 is 15.4 Å². The molecule has 0 saturated carbocycles. The lowest BCUT2D eigenvalue weighted by Crippen LogP contribution is -2.45. The maximum Gasteiger partial charge on any atom is 0.416 e. The third-order valence-electron chi connectivity index (χ3n) is 6.07. The Labute approximate surface area is 203 Å². The number of rotatable bonds is 7. The zero-order valence-corrected chi connectivity index (χ0v) is 18.9. The molecule has 2 aliphatic heterocycles. The number of halogens is 6. The first-order valence-electron chi connectivity index (χ1n) is 11.1. The Balaban J connectivity index is 1.49. The van der Waals surface area contributed by atoms with Crippen molar-refractivity contribution in [1.29, 1.82) is 0 Å². The van der Waals surface area contributed by atoms with E-state index in [2.05, 4.69) is 10.6 Å². The van der Waals surface area contributed by atoms with E-state index in [-0.39, 0.29) is 43.4 Å². The summed E-state index contributed by atoms with van der Waals surface area (Å²) in [5.74, 6) is 0. The summed E-state index contributed by atoms with van der Waals surface area (Å²) in [5.41, 5.74) is -3.08. The summed E-state index contributed by atoms with van der Waals surface area (Å²) in [6, 6.07) is 10.2. The smallest absolute Gasteiger partial charge is 0.377 e. The van der Waals surface area contributed by atoms with Gasteiger partial charge in [0.05, 0.1) is 29.8 Å². The van der Waals surface area contributed by atoms with Crippen LogP contribution in [0.5, 0.6) is 0 Å². The monoisotopic (exact) mass is 511 g/mol. The number of amides is 2. The third kappa shape index (κ3) is 5.67. The average molecular weight is 511 g/mol.